The van der Waals surface area contributed by atoms with Gasteiger partial charge in [0.2, 0.25) is 0 Å². The van der Waals surface area contributed by atoms with Crippen molar-refractivity contribution in [1.82, 2.24) is 0 Å². The van der Waals surface area contributed by atoms with E-state index in [0.717, 1.165) is 51.6 Å². The zero-order valence-electron chi connectivity index (χ0n) is 68.1. The fraction of sp³-hybridized carbons (Fsp3) is 0.462. The third kappa shape index (κ3) is 22.8. The Bertz CT molecular complexity index is 4260. The molecule has 5 fully saturated rings. The Morgan fingerprint density at radius 3 is 1.01 bits per heavy atom. The normalized spacial score (nSPS) is 27.6. The SMILES string of the molecule is CO[P@@](=O)(OC[C@H]1COC(=O)O1)O[C@@H]1[C@H](O[C@H]2O[C@H](COCc3ccccc3)[C@@H](OCc3ccccc3)[C@H](OCc3ccccc3)[C@@H]2OCc2ccccc2)[C@@H]2O[Si](C(C)C)(C(C)C)O[Si](C(C)C)(C(C)C)O[C@H]2[C@H](O)[C@H]1O[C@H]1O[C@H](COCc2ccccc2)[C@@H](OCc2ccccc2)[C@H](OCc2ccccc2)[C@@H]1OCc1ccccc1. The minimum atomic E-state index is -5.09. The molecule has 1 N–H and O–H groups in total. The van der Waals surface area contributed by atoms with Crippen LogP contribution >= 0.6 is 7.82 Å². The van der Waals surface area contributed by atoms with Crippen molar-refractivity contribution in [2.45, 2.75) is 235 Å². The van der Waals surface area contributed by atoms with E-state index >= 15 is 4.57 Å². The van der Waals surface area contributed by atoms with Gasteiger partial charge in [-0.25, -0.2) is 9.36 Å². The van der Waals surface area contributed by atoms with E-state index in [9.17, 15) is 9.90 Å². The number of phosphoric ester groups is 1. The molecule has 0 radical (unpaired) electrons. The van der Waals surface area contributed by atoms with E-state index in [4.69, 9.17) is 92.9 Å². The van der Waals surface area contributed by atoms with Crippen molar-refractivity contribution in [3.63, 3.8) is 0 Å². The van der Waals surface area contributed by atoms with E-state index in [0.29, 0.717) is 0 Å². The molecule has 0 unspecified atom stereocenters. The lowest BCUT2D eigenvalue weighted by Crippen LogP contribution is -2.71. The van der Waals surface area contributed by atoms with Gasteiger partial charge in [-0.05, 0) is 66.7 Å². The number of hydrogen-bond acceptors (Lipinski definition) is 23. The van der Waals surface area contributed by atoms with Gasteiger partial charge in [-0.15, -0.1) is 0 Å². The number of phosphoric acid groups is 1. The molecule has 5 aliphatic rings. The Morgan fingerprint density at radius 1 is 0.385 bits per heavy atom. The Hall–Kier alpha value is -7.07. The molecule has 0 amide bonds. The second-order valence-electron chi connectivity index (χ2n) is 31.5. The quantitative estimate of drug-likeness (QED) is 0.0213. The number of fused-ring (bicyclic) bond motifs is 1. The van der Waals surface area contributed by atoms with E-state index in [2.05, 4.69) is 55.4 Å². The van der Waals surface area contributed by atoms with Gasteiger partial charge in [0.1, 0.15) is 92.1 Å². The first-order chi connectivity index (χ1) is 56.9. The third-order valence-corrected chi connectivity index (χ3v) is 33.6. The summed E-state index contributed by atoms with van der Waals surface area (Å²) in [6.45, 7) is 16.5. The average molecular weight is 1660 g/mol. The molecule has 1 aliphatic carbocycles. The van der Waals surface area contributed by atoms with Crippen LogP contribution in [0.4, 0.5) is 4.79 Å². The molecule has 0 spiro atoms. The van der Waals surface area contributed by atoms with E-state index < -0.39 is 142 Å². The van der Waals surface area contributed by atoms with Crippen LogP contribution in [0.25, 0.3) is 0 Å². The van der Waals surface area contributed by atoms with Gasteiger partial charge in [-0.2, -0.15) is 0 Å². The monoisotopic (exact) mass is 1660 g/mol. The number of cyclic esters (lactones) is 2. The second-order valence-corrected chi connectivity index (χ2v) is 42.0. The maximum atomic E-state index is 16.4. The lowest BCUT2D eigenvalue weighted by molar-refractivity contribution is -0.372. The topological polar surface area (TPSA) is 239 Å². The summed E-state index contributed by atoms with van der Waals surface area (Å²) in [4.78, 5) is 12.6. The lowest BCUT2D eigenvalue weighted by Gasteiger charge is -2.53. The van der Waals surface area contributed by atoms with E-state index in [1.165, 1.54) is 0 Å². The Balaban J connectivity index is 1.01. The summed E-state index contributed by atoms with van der Waals surface area (Å²) in [5.74, 6) is 0. The molecule has 628 valence electrons. The van der Waals surface area contributed by atoms with Crippen LogP contribution in [-0.4, -0.2) is 166 Å². The molecule has 0 aromatic heterocycles. The first-order valence-corrected chi connectivity index (χ1v) is 46.1. The standard InChI is InChI=1S/C91H113O23PSi2/c1-62(2)116(63(3)4)112-81-77(92)80(109-89-87(102-56-72-46-30-16-31-47-72)82(100-54-70-42-26-14-27-43-70)78(98-52-68-38-22-12-23-39-68)75(107-89)60-96-50-66-34-18-10-19-35-66)85(111-115(94,95-9)105-59-74-58-104-91(93)106-74)84(86(81)113-117(114-116,64(5)6)65(7)8)110-90-88(103-57-73-48-32-17-33-49-73)83(101-55-71-44-28-15-29-45-71)79(99-53-69-40-24-13-25-41-69)76(108-90)61-97-51-67-36-20-11-21-37-67/h10-49,62-65,74-90,92H,50-61H2,1-9H3/t74-,75-,76-,77-,78-,79-,80-,81+,82+,83+,84+,85+,86-,87+,88+,89-,90-,115+/m1/s1. The van der Waals surface area contributed by atoms with Crippen molar-refractivity contribution in [3.8, 4) is 0 Å². The van der Waals surface area contributed by atoms with Gasteiger partial charge in [0.15, 0.2) is 18.7 Å². The summed E-state index contributed by atoms with van der Waals surface area (Å²) in [5, 5.41) is 14.6. The smallest absolute Gasteiger partial charge is 0.430 e. The highest BCUT2D eigenvalue weighted by Gasteiger charge is 2.68. The van der Waals surface area contributed by atoms with Crippen molar-refractivity contribution in [1.29, 1.82) is 0 Å². The molecule has 8 aromatic carbocycles. The summed E-state index contributed by atoms with van der Waals surface area (Å²) < 4.78 is 159. The zero-order chi connectivity index (χ0) is 81.7. The highest BCUT2D eigenvalue weighted by molar-refractivity contribution is 7.48. The van der Waals surface area contributed by atoms with Crippen LogP contribution < -0.4 is 0 Å². The van der Waals surface area contributed by atoms with Gasteiger partial charge >= 0.3 is 31.1 Å². The van der Waals surface area contributed by atoms with Crippen LogP contribution in [0.5, 0.6) is 0 Å². The summed E-state index contributed by atoms with van der Waals surface area (Å²) in [7, 11) is -11.5. The summed E-state index contributed by atoms with van der Waals surface area (Å²) in [5.41, 5.74) is 5.77. The lowest BCUT2D eigenvalue weighted by atomic mass is 9.84. The number of benzene rings is 8. The summed E-state index contributed by atoms with van der Waals surface area (Å²) in [6, 6.07) is 78.2. The molecule has 8 aromatic rings. The van der Waals surface area contributed by atoms with Gasteiger partial charge in [0.05, 0.1) is 72.7 Å². The first-order valence-electron chi connectivity index (χ1n) is 40.7. The molecular weight excluding hydrogens is 1550 g/mol. The summed E-state index contributed by atoms with van der Waals surface area (Å²) >= 11 is 0. The Labute approximate surface area is 690 Å². The van der Waals surface area contributed by atoms with Crippen LogP contribution in [0.3, 0.4) is 0 Å². The Kier molecular flexibility index (Phi) is 31.8. The molecule has 26 heteroatoms. The van der Waals surface area contributed by atoms with Gasteiger partial charge in [-0.1, -0.05) is 298 Å². The van der Waals surface area contributed by atoms with Crippen molar-refractivity contribution >= 4 is 31.1 Å². The van der Waals surface area contributed by atoms with Crippen LogP contribution in [0.2, 0.25) is 22.2 Å². The van der Waals surface area contributed by atoms with E-state index in [1.807, 2.05) is 243 Å². The molecule has 4 aliphatic heterocycles. The number of carbonyl (C=O) groups excluding carboxylic acids is 1. The number of carbonyl (C=O) groups is 1. The number of aliphatic hydroxyl groups is 1. The molecule has 4 saturated heterocycles. The maximum Gasteiger partial charge on any atom is 0.508 e. The largest absolute Gasteiger partial charge is 0.508 e. The van der Waals surface area contributed by atoms with Crippen molar-refractivity contribution in [2.75, 3.05) is 33.5 Å². The molecule has 4 heterocycles. The van der Waals surface area contributed by atoms with Gasteiger partial charge < -0.3 is 84.4 Å². The first kappa shape index (κ1) is 87.7. The Morgan fingerprint density at radius 2 is 0.692 bits per heavy atom. The highest BCUT2D eigenvalue weighted by atomic mass is 31.2. The van der Waals surface area contributed by atoms with Crippen LogP contribution in [0.1, 0.15) is 99.9 Å². The maximum absolute atomic E-state index is 16.4. The van der Waals surface area contributed by atoms with Crippen molar-refractivity contribution in [3.05, 3.63) is 287 Å². The second kappa shape index (κ2) is 42.4. The van der Waals surface area contributed by atoms with Crippen LogP contribution in [-0.2, 0) is 150 Å². The number of aliphatic hydroxyl groups excluding tert-OH is 1. The fourth-order valence-corrected chi connectivity index (χ4v) is 28.3. The molecule has 1 saturated carbocycles. The van der Waals surface area contributed by atoms with Crippen molar-refractivity contribution in [2.24, 2.45) is 0 Å². The third-order valence-electron chi connectivity index (χ3n) is 22.0. The molecule has 23 nitrogen and oxygen atoms in total. The van der Waals surface area contributed by atoms with Crippen molar-refractivity contribution < 1.29 is 107 Å². The fourth-order valence-electron chi connectivity index (χ4n) is 15.8. The molecular formula is C91H113O23PSi2. The minimum Gasteiger partial charge on any atom is -0.430 e. The molecule has 117 heavy (non-hydrogen) atoms. The van der Waals surface area contributed by atoms with Gasteiger partial charge in [0, 0.05) is 7.11 Å². The average Bonchev–Trinajstić information content (AvgIpc) is 1.62. The van der Waals surface area contributed by atoms with E-state index in [-0.39, 0.29) is 94.8 Å². The van der Waals surface area contributed by atoms with Crippen LogP contribution in [0.15, 0.2) is 243 Å². The number of rotatable bonds is 40. The predicted octanol–water partition coefficient (Wildman–Crippen LogP) is 16.5. The predicted molar refractivity (Wildman–Crippen MR) is 440 cm³/mol. The zero-order valence-corrected chi connectivity index (χ0v) is 71.0. The number of ether oxygens (including phenoxy) is 14. The molecule has 0 bridgehead atoms. The molecule has 18 atom stereocenters. The van der Waals surface area contributed by atoms with Gasteiger partial charge in [-0.3, -0.25) is 13.6 Å². The van der Waals surface area contributed by atoms with Gasteiger partial charge in [0.25, 0.3) is 0 Å². The van der Waals surface area contributed by atoms with Crippen LogP contribution in [0, 0.1) is 0 Å². The number of hydrogen-bond donors (Lipinski definition) is 1. The van der Waals surface area contributed by atoms with E-state index in [1.54, 1.807) is 0 Å². The molecule has 13 rings (SSSR count). The minimum absolute atomic E-state index is 0.00224. The summed E-state index contributed by atoms with van der Waals surface area (Å²) in [6.07, 6.45) is -23.7. The highest BCUT2D eigenvalue weighted by Crippen LogP contribution is 2.56.